The van der Waals surface area contributed by atoms with Crippen LogP contribution >= 0.6 is 24.4 Å². The van der Waals surface area contributed by atoms with Gasteiger partial charge in [0.2, 0.25) is 29.5 Å². The highest BCUT2D eigenvalue weighted by molar-refractivity contribution is 7.81. The minimum absolute atomic E-state index is 0.278. The van der Waals surface area contributed by atoms with Gasteiger partial charge < -0.3 is 23.8 Å². The Bertz CT molecular complexity index is 1310. The van der Waals surface area contributed by atoms with E-state index in [0.29, 0.717) is 34.1 Å². The van der Waals surface area contributed by atoms with Crippen molar-refractivity contribution in [2.75, 3.05) is 44.0 Å². The number of hydrogen-bond donors (Lipinski definition) is 2. The lowest BCUT2D eigenvalue weighted by molar-refractivity contribution is 0.368. The Hall–Kier alpha value is -3.91. The fourth-order valence-electron chi connectivity index (χ4n) is 3.79. The highest BCUT2D eigenvalue weighted by Crippen LogP contribution is 2.34. The van der Waals surface area contributed by atoms with Gasteiger partial charge in [0.25, 0.3) is 0 Å². The van der Waals surface area contributed by atoms with Crippen molar-refractivity contribution in [1.29, 1.82) is 0 Å². The average molecular weight is 559 g/mol. The van der Waals surface area contributed by atoms with Gasteiger partial charge in [-0.25, -0.2) is 19.5 Å². The second-order valence-electron chi connectivity index (χ2n) is 7.85. The number of ether oxygens (including phenoxy) is 3. The molecule has 200 valence electrons. The molecule has 0 saturated carbocycles. The Labute approximate surface area is 230 Å². The van der Waals surface area contributed by atoms with Gasteiger partial charge in [0.1, 0.15) is 12.0 Å². The van der Waals surface area contributed by atoms with Crippen LogP contribution in [0.15, 0.2) is 36.9 Å². The molecule has 4 aromatic heterocycles. The SMILES string of the molecule is COc1cccc(-c2nnc(NS)n2-c2c(OC)ncnc2OC)n1.Clc1cnc(N2CCCCC2)nc1. The van der Waals surface area contributed by atoms with E-state index in [9.17, 15) is 0 Å². The first kappa shape index (κ1) is 27.1. The van der Waals surface area contributed by atoms with Gasteiger partial charge in [-0.2, -0.15) is 9.97 Å². The second kappa shape index (κ2) is 13.1. The molecule has 4 aromatic rings. The van der Waals surface area contributed by atoms with Gasteiger partial charge in [-0.15, -0.1) is 10.2 Å². The first-order valence-corrected chi connectivity index (χ1v) is 12.4. The molecule has 1 N–H and O–H groups in total. The third-order valence-electron chi connectivity index (χ3n) is 5.54. The van der Waals surface area contributed by atoms with Gasteiger partial charge in [-0.05, 0) is 25.3 Å². The summed E-state index contributed by atoms with van der Waals surface area (Å²) in [4.78, 5) is 23.2. The summed E-state index contributed by atoms with van der Waals surface area (Å²) in [6.45, 7) is 2.14. The molecular weight excluding hydrogens is 532 g/mol. The monoisotopic (exact) mass is 558 g/mol. The highest BCUT2D eigenvalue weighted by Gasteiger charge is 2.24. The summed E-state index contributed by atoms with van der Waals surface area (Å²) >= 11 is 9.79. The first-order valence-electron chi connectivity index (χ1n) is 11.6. The quantitative estimate of drug-likeness (QED) is 0.321. The van der Waals surface area contributed by atoms with Gasteiger partial charge in [-0.3, -0.25) is 0 Å². The number of piperidine rings is 1. The predicted molar refractivity (Wildman–Crippen MR) is 146 cm³/mol. The van der Waals surface area contributed by atoms with Crippen LogP contribution in [0.1, 0.15) is 19.3 Å². The Morgan fingerprint density at radius 1 is 0.895 bits per heavy atom. The maximum absolute atomic E-state index is 5.71. The van der Waals surface area contributed by atoms with Crippen molar-refractivity contribution in [2.24, 2.45) is 0 Å². The Balaban J connectivity index is 0.000000216. The third kappa shape index (κ3) is 6.14. The van der Waals surface area contributed by atoms with Gasteiger partial charge in [0.15, 0.2) is 11.5 Å². The summed E-state index contributed by atoms with van der Waals surface area (Å²) in [5.41, 5.74) is 0.934. The Morgan fingerprint density at radius 2 is 1.58 bits per heavy atom. The number of anilines is 2. The summed E-state index contributed by atoms with van der Waals surface area (Å²) in [5.74, 6) is 2.53. The molecule has 0 aliphatic carbocycles. The minimum Gasteiger partial charge on any atom is -0.481 e. The van der Waals surface area contributed by atoms with E-state index >= 15 is 0 Å². The van der Waals surface area contributed by atoms with E-state index < -0.39 is 0 Å². The molecule has 13 nitrogen and oxygen atoms in total. The molecule has 5 rings (SSSR count). The highest BCUT2D eigenvalue weighted by atomic mass is 35.5. The number of thiol groups is 1. The normalized spacial score (nSPS) is 12.8. The van der Waals surface area contributed by atoms with Gasteiger partial charge in [0.05, 0.1) is 38.7 Å². The molecule has 0 atom stereocenters. The zero-order valence-electron chi connectivity index (χ0n) is 21.1. The molecule has 0 bridgehead atoms. The number of methoxy groups -OCH3 is 3. The fourth-order valence-corrected chi connectivity index (χ4v) is 4.03. The summed E-state index contributed by atoms with van der Waals surface area (Å²) in [7, 11) is 4.52. The predicted octanol–water partition coefficient (Wildman–Crippen LogP) is 3.52. The lowest BCUT2D eigenvalue weighted by atomic mass is 10.1. The summed E-state index contributed by atoms with van der Waals surface area (Å²) in [6.07, 6.45) is 8.45. The summed E-state index contributed by atoms with van der Waals surface area (Å²) < 4.78 is 20.1. The van der Waals surface area contributed by atoms with Crippen LogP contribution in [-0.2, 0) is 0 Å². The van der Waals surface area contributed by atoms with Crippen LogP contribution in [0.2, 0.25) is 5.02 Å². The summed E-state index contributed by atoms with van der Waals surface area (Å²) in [6, 6.07) is 5.30. The average Bonchev–Trinajstić information content (AvgIpc) is 3.41. The van der Waals surface area contributed by atoms with Crippen molar-refractivity contribution in [2.45, 2.75) is 19.3 Å². The molecule has 1 fully saturated rings. The van der Waals surface area contributed by atoms with E-state index in [0.717, 1.165) is 19.0 Å². The number of hydrogen-bond acceptors (Lipinski definition) is 13. The second-order valence-corrected chi connectivity index (χ2v) is 8.51. The topological polar surface area (TPSA) is 138 Å². The number of aromatic nitrogens is 8. The van der Waals surface area contributed by atoms with E-state index in [1.165, 1.54) is 46.9 Å². The van der Waals surface area contributed by atoms with Crippen LogP contribution in [0.3, 0.4) is 0 Å². The number of nitrogens with one attached hydrogen (secondary N) is 1. The number of rotatable bonds is 7. The standard InChI is InChI=1S/C14H15N7O3S.C9H12ClN3/c1-22-9-6-4-5-8(17-9)11-18-19-14(20-25)21(11)10-12(23-2)15-7-16-13(10)24-3;10-8-6-11-9(12-7-8)13-4-2-1-3-5-13/h4-7,25H,1-3H3,(H,19,20);6-7H,1-5H2. The van der Waals surface area contributed by atoms with Crippen molar-refractivity contribution < 1.29 is 14.2 Å². The molecule has 0 aromatic carbocycles. The van der Waals surface area contributed by atoms with E-state index in [2.05, 4.69) is 57.6 Å². The number of pyridine rings is 1. The maximum Gasteiger partial charge on any atom is 0.245 e. The molecule has 1 aliphatic rings. The van der Waals surface area contributed by atoms with Gasteiger partial charge in [-0.1, -0.05) is 30.5 Å². The zero-order chi connectivity index (χ0) is 26.9. The number of nitrogens with zero attached hydrogens (tertiary/aromatic N) is 9. The van der Waals surface area contributed by atoms with Crippen LogP contribution in [0.4, 0.5) is 11.9 Å². The van der Waals surface area contributed by atoms with E-state index in [1.807, 2.05) is 0 Å². The van der Waals surface area contributed by atoms with Crippen molar-refractivity contribution in [1.82, 2.24) is 39.7 Å². The van der Waals surface area contributed by atoms with Gasteiger partial charge >= 0.3 is 0 Å². The van der Waals surface area contributed by atoms with E-state index in [4.69, 9.17) is 25.8 Å². The molecule has 38 heavy (non-hydrogen) atoms. The zero-order valence-corrected chi connectivity index (χ0v) is 22.7. The Morgan fingerprint density at radius 3 is 2.18 bits per heavy atom. The lowest BCUT2D eigenvalue weighted by Gasteiger charge is -2.26. The largest absolute Gasteiger partial charge is 0.481 e. The minimum atomic E-state index is 0.278. The first-order chi connectivity index (χ1) is 18.6. The Kier molecular flexibility index (Phi) is 9.32. The molecule has 1 aliphatic heterocycles. The van der Waals surface area contributed by atoms with Crippen molar-refractivity contribution in [3.63, 3.8) is 0 Å². The third-order valence-corrected chi connectivity index (χ3v) is 5.93. The van der Waals surface area contributed by atoms with Crippen molar-refractivity contribution >= 4 is 36.3 Å². The molecular formula is C23H27ClN10O3S. The molecule has 0 radical (unpaired) electrons. The van der Waals surface area contributed by atoms with Crippen LogP contribution in [0.25, 0.3) is 17.2 Å². The molecule has 0 amide bonds. The molecule has 0 unspecified atom stereocenters. The van der Waals surface area contributed by atoms with Crippen LogP contribution in [0, 0.1) is 0 Å². The molecule has 15 heteroatoms. The van der Waals surface area contributed by atoms with E-state index in [-0.39, 0.29) is 11.8 Å². The summed E-state index contributed by atoms with van der Waals surface area (Å²) in [5, 5.41) is 8.85. The number of halogens is 1. The molecule has 0 spiro atoms. The van der Waals surface area contributed by atoms with Crippen LogP contribution < -0.4 is 23.8 Å². The lowest BCUT2D eigenvalue weighted by Crippen LogP contribution is -2.30. The molecule has 5 heterocycles. The molecule has 1 saturated heterocycles. The van der Waals surface area contributed by atoms with Crippen LogP contribution in [0.5, 0.6) is 17.6 Å². The van der Waals surface area contributed by atoms with Crippen molar-refractivity contribution in [3.8, 4) is 34.8 Å². The van der Waals surface area contributed by atoms with E-state index in [1.54, 1.807) is 35.2 Å². The maximum atomic E-state index is 5.71. The van der Waals surface area contributed by atoms with Crippen molar-refractivity contribution in [3.05, 3.63) is 41.9 Å². The fraction of sp³-hybridized carbons (Fsp3) is 0.348. The van der Waals surface area contributed by atoms with Crippen LogP contribution in [-0.4, -0.2) is 74.1 Å². The smallest absolute Gasteiger partial charge is 0.245 e. The van der Waals surface area contributed by atoms with Gasteiger partial charge in [0, 0.05) is 19.2 Å².